The lowest BCUT2D eigenvalue weighted by molar-refractivity contribution is -0.150. The third-order valence-corrected chi connectivity index (χ3v) is 8.67. The molecule has 3 atom stereocenters. The van der Waals surface area contributed by atoms with Gasteiger partial charge in [-0.05, 0) is 18.4 Å². The number of carbonyl (C=O) groups is 5. The van der Waals surface area contributed by atoms with Gasteiger partial charge in [0.2, 0.25) is 11.0 Å². The van der Waals surface area contributed by atoms with E-state index in [1.807, 2.05) is 6.07 Å². The van der Waals surface area contributed by atoms with Gasteiger partial charge in [0.05, 0.1) is 0 Å². The van der Waals surface area contributed by atoms with E-state index in [2.05, 4.69) is 20.8 Å². The number of amides is 3. The zero-order valence-corrected chi connectivity index (χ0v) is 23.7. The molecule has 0 bridgehead atoms. The number of benzene rings is 1. The van der Waals surface area contributed by atoms with E-state index in [4.69, 9.17) is 4.74 Å². The number of carboxylic acids is 2. The van der Waals surface area contributed by atoms with Crippen LogP contribution in [0.2, 0.25) is 0 Å². The topological polar surface area (TPSA) is 191 Å². The van der Waals surface area contributed by atoms with Gasteiger partial charge >= 0.3 is 18.0 Å². The standard InChI is InChI=1S/C25H28N6O8S2/c1-30(2)24-29-28-19(41-24)14-12-40-21-17(20(33)31(21)18(14)23(36)37)27-16(32)10-6-9-15(22(34)35)26-25(38)39-11-13-7-4-3-5-8-13/h3-5,7-8,15,17,21H,6,9-12H2,1-2H3,(H,26,38)(H,27,32)(H,34,35)(H,36,37)/t15?,17?,21-/m1/s1. The van der Waals surface area contributed by atoms with Crippen LogP contribution in [0.3, 0.4) is 0 Å². The number of β-lactam (4-membered cyclic amide) rings is 1. The molecule has 16 heteroatoms. The molecule has 1 aromatic heterocycles. The Labute approximate surface area is 242 Å². The number of hydrogen-bond acceptors (Lipinski definition) is 11. The number of nitrogens with zero attached hydrogens (tertiary/aromatic N) is 4. The molecule has 0 saturated carbocycles. The third-order valence-electron chi connectivity index (χ3n) is 6.24. The number of carboxylic acid groups (broad SMARTS) is 2. The van der Waals surface area contributed by atoms with Gasteiger partial charge < -0.3 is 30.5 Å². The number of anilines is 1. The zero-order chi connectivity index (χ0) is 29.7. The largest absolute Gasteiger partial charge is 0.480 e. The molecule has 1 fully saturated rings. The zero-order valence-electron chi connectivity index (χ0n) is 22.1. The van der Waals surface area contributed by atoms with E-state index in [0.29, 0.717) is 15.7 Å². The monoisotopic (exact) mass is 604 g/mol. The molecule has 14 nitrogen and oxygen atoms in total. The second-order valence-corrected chi connectivity index (χ2v) is 11.4. The van der Waals surface area contributed by atoms with Crippen LogP contribution in [0.4, 0.5) is 9.93 Å². The Balaban J connectivity index is 1.28. The Bertz CT molecular complexity index is 1360. The van der Waals surface area contributed by atoms with Crippen molar-refractivity contribution in [3.05, 3.63) is 46.6 Å². The van der Waals surface area contributed by atoms with E-state index >= 15 is 0 Å². The van der Waals surface area contributed by atoms with Crippen LogP contribution >= 0.6 is 23.1 Å². The first-order chi connectivity index (χ1) is 19.6. The Kier molecular flexibility index (Phi) is 9.44. The van der Waals surface area contributed by atoms with Gasteiger partial charge in [-0.25, -0.2) is 14.4 Å². The average molecular weight is 605 g/mol. The van der Waals surface area contributed by atoms with Crippen LogP contribution in [0.15, 0.2) is 36.0 Å². The molecule has 3 heterocycles. The normalized spacial score (nSPS) is 18.6. The molecule has 0 radical (unpaired) electrons. The maximum absolute atomic E-state index is 12.9. The van der Waals surface area contributed by atoms with Gasteiger partial charge in [-0.15, -0.1) is 22.0 Å². The van der Waals surface area contributed by atoms with Gasteiger partial charge in [-0.1, -0.05) is 41.7 Å². The lowest BCUT2D eigenvalue weighted by Crippen LogP contribution is -2.70. The van der Waals surface area contributed by atoms with Crippen LogP contribution in [0, 0.1) is 0 Å². The summed E-state index contributed by atoms with van der Waals surface area (Å²) in [7, 11) is 3.57. The van der Waals surface area contributed by atoms with Crippen LogP contribution in [0.5, 0.6) is 0 Å². The molecule has 218 valence electrons. The van der Waals surface area contributed by atoms with E-state index in [9.17, 15) is 34.2 Å². The van der Waals surface area contributed by atoms with Crippen molar-refractivity contribution < 1.29 is 38.9 Å². The second-order valence-electron chi connectivity index (χ2n) is 9.36. The summed E-state index contributed by atoms with van der Waals surface area (Å²) in [6.45, 7) is -0.0227. The molecule has 0 aliphatic carbocycles. The first-order valence-corrected chi connectivity index (χ1v) is 14.3. The maximum atomic E-state index is 12.9. The van der Waals surface area contributed by atoms with Gasteiger partial charge in [-0.2, -0.15) is 0 Å². The highest BCUT2D eigenvalue weighted by Crippen LogP contribution is 2.44. The number of carbonyl (C=O) groups excluding carboxylic acids is 3. The Hall–Kier alpha value is -4.18. The SMILES string of the molecule is CN(C)c1nnc(C2=C(C(=O)O)N3C(=O)C(NC(=O)CCCC(NC(=O)OCc4ccccc4)C(=O)O)[C@H]3SC2)s1. The van der Waals surface area contributed by atoms with Gasteiger partial charge in [0.1, 0.15) is 34.8 Å². The van der Waals surface area contributed by atoms with E-state index < -0.39 is 47.3 Å². The van der Waals surface area contributed by atoms with Crippen molar-refractivity contribution in [3.63, 3.8) is 0 Å². The molecular weight excluding hydrogens is 576 g/mol. The second kappa shape index (κ2) is 13.0. The molecule has 2 aliphatic rings. The number of fused-ring (bicyclic) bond motifs is 1. The number of ether oxygens (including phenoxy) is 1. The molecule has 4 rings (SSSR count). The molecular formula is C25H28N6O8S2. The molecule has 3 amide bonds. The minimum absolute atomic E-state index is 0.0227. The average Bonchev–Trinajstić information content (AvgIpc) is 3.44. The molecule has 2 aliphatic heterocycles. The first kappa shape index (κ1) is 29.8. The van der Waals surface area contributed by atoms with Crippen molar-refractivity contribution in [1.29, 1.82) is 0 Å². The van der Waals surface area contributed by atoms with Crippen molar-refractivity contribution in [1.82, 2.24) is 25.7 Å². The van der Waals surface area contributed by atoms with Crippen LogP contribution in [-0.2, 0) is 30.5 Å². The highest BCUT2D eigenvalue weighted by atomic mass is 32.2. The van der Waals surface area contributed by atoms with Gasteiger partial charge in [0.15, 0.2) is 0 Å². The molecule has 1 aromatic carbocycles. The van der Waals surface area contributed by atoms with Crippen molar-refractivity contribution in [3.8, 4) is 0 Å². The molecule has 1 saturated heterocycles. The number of alkyl carbamates (subject to hydrolysis) is 1. The van der Waals surface area contributed by atoms with Crippen LogP contribution in [0.25, 0.3) is 5.57 Å². The lowest BCUT2D eigenvalue weighted by Gasteiger charge is -2.49. The minimum atomic E-state index is -1.28. The smallest absolute Gasteiger partial charge is 0.408 e. The third kappa shape index (κ3) is 6.94. The maximum Gasteiger partial charge on any atom is 0.408 e. The Morgan fingerprint density at radius 2 is 1.90 bits per heavy atom. The molecule has 41 heavy (non-hydrogen) atoms. The van der Waals surface area contributed by atoms with E-state index in [1.54, 1.807) is 43.3 Å². The number of aliphatic carboxylic acids is 2. The van der Waals surface area contributed by atoms with E-state index in [1.165, 1.54) is 23.1 Å². The predicted molar refractivity (Wildman–Crippen MR) is 149 cm³/mol. The molecule has 2 aromatic rings. The Morgan fingerprint density at radius 1 is 1.17 bits per heavy atom. The number of hydrogen-bond donors (Lipinski definition) is 4. The fourth-order valence-electron chi connectivity index (χ4n) is 4.18. The van der Waals surface area contributed by atoms with E-state index in [0.717, 1.165) is 10.5 Å². The van der Waals surface area contributed by atoms with Gasteiger partial charge in [0.25, 0.3) is 5.91 Å². The summed E-state index contributed by atoms with van der Waals surface area (Å²) in [4.78, 5) is 64.1. The number of thioether (sulfide) groups is 1. The number of rotatable bonds is 12. The summed E-state index contributed by atoms with van der Waals surface area (Å²) in [6.07, 6.45) is -0.928. The van der Waals surface area contributed by atoms with Crippen molar-refractivity contribution >= 4 is 63.6 Å². The highest BCUT2D eigenvalue weighted by molar-refractivity contribution is 8.00. The summed E-state index contributed by atoms with van der Waals surface area (Å²) in [5.41, 5.74) is 0.949. The molecule has 0 spiro atoms. The van der Waals surface area contributed by atoms with Gasteiger partial charge in [-0.3, -0.25) is 14.5 Å². The van der Waals surface area contributed by atoms with Crippen LogP contribution in [-0.4, -0.2) is 92.5 Å². The fraction of sp³-hybridized carbons (Fsp3) is 0.400. The van der Waals surface area contributed by atoms with Crippen molar-refractivity contribution in [2.45, 2.75) is 43.3 Å². The number of aromatic nitrogens is 2. The lowest BCUT2D eigenvalue weighted by atomic mass is 10.0. The quantitative estimate of drug-likeness (QED) is 0.255. The van der Waals surface area contributed by atoms with Crippen molar-refractivity contribution in [2.75, 3.05) is 24.7 Å². The summed E-state index contributed by atoms with van der Waals surface area (Å²) in [6, 6.07) is 6.71. The summed E-state index contributed by atoms with van der Waals surface area (Å²) >= 11 is 2.52. The van der Waals surface area contributed by atoms with Gasteiger partial charge in [0, 0.05) is 31.8 Å². The molecule has 2 unspecified atom stereocenters. The summed E-state index contributed by atoms with van der Waals surface area (Å²) in [5.74, 6) is -3.35. The van der Waals surface area contributed by atoms with E-state index in [-0.39, 0.29) is 37.3 Å². The van der Waals surface area contributed by atoms with Crippen molar-refractivity contribution in [2.24, 2.45) is 0 Å². The summed E-state index contributed by atoms with van der Waals surface area (Å²) in [5, 5.41) is 32.7. The predicted octanol–water partition coefficient (Wildman–Crippen LogP) is 1.35. The fourth-order valence-corrected chi connectivity index (χ4v) is 6.43. The summed E-state index contributed by atoms with van der Waals surface area (Å²) < 4.78 is 5.05. The van der Waals surface area contributed by atoms with Crippen LogP contribution < -0.4 is 15.5 Å². The number of nitrogens with one attached hydrogen (secondary N) is 2. The first-order valence-electron chi connectivity index (χ1n) is 12.5. The van der Waals surface area contributed by atoms with Crippen LogP contribution in [0.1, 0.15) is 29.8 Å². The highest BCUT2D eigenvalue weighted by Gasteiger charge is 2.54. The molecule has 4 N–H and O–H groups in total. The Morgan fingerprint density at radius 3 is 2.54 bits per heavy atom. The minimum Gasteiger partial charge on any atom is -0.480 e.